The molecule has 0 radical (unpaired) electrons. The Morgan fingerprint density at radius 2 is 1.94 bits per heavy atom. The molecule has 4 nitrogen and oxygen atoms in total. The Balaban J connectivity index is 2.40. The fourth-order valence-electron chi connectivity index (χ4n) is 1.66. The molecule has 1 heterocycles. The fraction of sp³-hybridized carbons (Fsp3) is 0.231. The number of nitrogen functional groups attached to an aromatic ring is 1. The number of aromatic nitrogens is 2. The summed E-state index contributed by atoms with van der Waals surface area (Å²) in [6, 6.07) is 11.6. The molecule has 2 aromatic rings. The monoisotopic (exact) mass is 226 g/mol. The maximum Gasteiger partial charge on any atom is 0.165 e. The van der Waals surface area contributed by atoms with Crippen molar-refractivity contribution in [2.75, 3.05) is 5.73 Å². The number of anilines is 1. The lowest BCUT2D eigenvalue weighted by atomic mass is 10.0. The van der Waals surface area contributed by atoms with Gasteiger partial charge in [-0.15, -0.1) is 0 Å². The van der Waals surface area contributed by atoms with E-state index in [9.17, 15) is 0 Å². The highest BCUT2D eigenvalue weighted by atomic mass is 15.3. The number of nitriles is 1. The van der Waals surface area contributed by atoms with Crippen LogP contribution in [-0.2, 0) is 0 Å². The van der Waals surface area contributed by atoms with Crippen LogP contribution in [0.25, 0.3) is 5.69 Å². The zero-order chi connectivity index (χ0) is 12.4. The second-order valence-corrected chi connectivity index (χ2v) is 4.22. The van der Waals surface area contributed by atoms with E-state index in [0.29, 0.717) is 17.4 Å². The second-order valence-electron chi connectivity index (χ2n) is 4.22. The first-order valence-corrected chi connectivity index (χ1v) is 5.48. The minimum atomic E-state index is 0.329. The highest BCUT2D eigenvalue weighted by Gasteiger charge is 2.06. The van der Waals surface area contributed by atoms with Crippen molar-refractivity contribution in [3.8, 4) is 11.8 Å². The molecule has 0 amide bonds. The lowest BCUT2D eigenvalue weighted by molar-refractivity contribution is 0.855. The lowest BCUT2D eigenvalue weighted by Gasteiger charge is -2.07. The van der Waals surface area contributed by atoms with Gasteiger partial charge >= 0.3 is 0 Å². The van der Waals surface area contributed by atoms with Crippen molar-refractivity contribution in [3.63, 3.8) is 0 Å². The first kappa shape index (κ1) is 11.2. The van der Waals surface area contributed by atoms with Gasteiger partial charge in [0.25, 0.3) is 0 Å². The summed E-state index contributed by atoms with van der Waals surface area (Å²) in [7, 11) is 0. The number of benzene rings is 1. The Hall–Kier alpha value is -2.28. The van der Waals surface area contributed by atoms with Gasteiger partial charge in [0.15, 0.2) is 5.69 Å². The predicted octanol–water partition coefficient (Wildman–Crippen LogP) is 2.45. The van der Waals surface area contributed by atoms with E-state index in [1.807, 2.05) is 30.3 Å². The molecule has 0 fully saturated rings. The summed E-state index contributed by atoms with van der Waals surface area (Å²) in [6.45, 7) is 4.29. The van der Waals surface area contributed by atoms with Gasteiger partial charge in [0.05, 0.1) is 5.69 Å². The average molecular weight is 226 g/mol. The van der Waals surface area contributed by atoms with Crippen LogP contribution in [0.3, 0.4) is 0 Å². The van der Waals surface area contributed by atoms with E-state index in [0.717, 1.165) is 5.69 Å². The first-order chi connectivity index (χ1) is 8.11. The zero-order valence-corrected chi connectivity index (χ0v) is 9.88. The van der Waals surface area contributed by atoms with Crippen LogP contribution in [0.1, 0.15) is 31.0 Å². The number of hydrogen-bond acceptors (Lipinski definition) is 3. The molecule has 4 heteroatoms. The van der Waals surface area contributed by atoms with E-state index in [-0.39, 0.29) is 0 Å². The first-order valence-electron chi connectivity index (χ1n) is 5.48. The molecule has 0 unspecified atom stereocenters. The van der Waals surface area contributed by atoms with E-state index in [4.69, 9.17) is 11.0 Å². The standard InChI is InChI=1S/C13H14N4/c1-9(2)10-3-5-12(6-4-10)17-13(15)7-11(8-14)16-17/h3-7,9H,15H2,1-2H3. The van der Waals surface area contributed by atoms with Gasteiger partial charge in [0, 0.05) is 6.07 Å². The third kappa shape index (κ3) is 2.13. The summed E-state index contributed by atoms with van der Waals surface area (Å²) < 4.78 is 1.57. The minimum Gasteiger partial charge on any atom is -0.384 e. The average Bonchev–Trinajstić information content (AvgIpc) is 2.71. The molecule has 0 aliphatic carbocycles. The molecular weight excluding hydrogens is 212 g/mol. The summed E-state index contributed by atoms with van der Waals surface area (Å²) in [5, 5.41) is 12.9. The Bertz CT molecular complexity index is 558. The predicted molar refractivity (Wildman–Crippen MR) is 66.8 cm³/mol. The highest BCUT2D eigenvalue weighted by molar-refractivity contribution is 5.46. The molecule has 1 aromatic heterocycles. The van der Waals surface area contributed by atoms with Crippen molar-refractivity contribution in [3.05, 3.63) is 41.6 Å². The highest BCUT2D eigenvalue weighted by Crippen LogP contribution is 2.18. The number of rotatable bonds is 2. The van der Waals surface area contributed by atoms with Crippen molar-refractivity contribution in [2.24, 2.45) is 0 Å². The molecule has 2 rings (SSSR count). The number of hydrogen-bond donors (Lipinski definition) is 1. The van der Waals surface area contributed by atoms with Gasteiger partial charge < -0.3 is 5.73 Å². The van der Waals surface area contributed by atoms with Crippen LogP contribution < -0.4 is 5.73 Å². The van der Waals surface area contributed by atoms with Gasteiger partial charge in [0.2, 0.25) is 0 Å². The Kier molecular flexibility index (Phi) is 2.84. The normalized spacial score (nSPS) is 10.5. The van der Waals surface area contributed by atoms with Crippen LogP contribution in [-0.4, -0.2) is 9.78 Å². The van der Waals surface area contributed by atoms with E-state index >= 15 is 0 Å². The van der Waals surface area contributed by atoms with Crippen molar-refractivity contribution < 1.29 is 0 Å². The molecule has 1 aromatic carbocycles. The largest absolute Gasteiger partial charge is 0.384 e. The molecule has 86 valence electrons. The number of nitrogens with two attached hydrogens (primary N) is 1. The molecule has 0 aliphatic heterocycles. The van der Waals surface area contributed by atoms with Gasteiger partial charge in [-0.05, 0) is 23.6 Å². The van der Waals surface area contributed by atoms with Crippen molar-refractivity contribution in [1.29, 1.82) is 5.26 Å². The molecule has 17 heavy (non-hydrogen) atoms. The Labute approximate surface area is 100 Å². The fourth-order valence-corrected chi connectivity index (χ4v) is 1.66. The van der Waals surface area contributed by atoms with Gasteiger partial charge in [-0.3, -0.25) is 0 Å². The molecule has 0 aliphatic rings. The molecule has 0 spiro atoms. The van der Waals surface area contributed by atoms with Crippen molar-refractivity contribution in [1.82, 2.24) is 9.78 Å². The van der Waals surface area contributed by atoms with Crippen LogP contribution in [0.2, 0.25) is 0 Å². The molecular formula is C13H14N4. The summed E-state index contributed by atoms with van der Waals surface area (Å²) >= 11 is 0. The molecule has 0 saturated carbocycles. The molecule has 0 atom stereocenters. The Morgan fingerprint density at radius 1 is 1.29 bits per heavy atom. The lowest BCUT2D eigenvalue weighted by Crippen LogP contribution is -2.02. The quantitative estimate of drug-likeness (QED) is 0.855. The SMILES string of the molecule is CC(C)c1ccc(-n2nc(C#N)cc2N)cc1. The van der Waals surface area contributed by atoms with Gasteiger partial charge in [-0.25, -0.2) is 4.68 Å². The zero-order valence-electron chi connectivity index (χ0n) is 9.88. The number of nitrogens with zero attached hydrogens (tertiary/aromatic N) is 3. The van der Waals surface area contributed by atoms with Crippen LogP contribution in [0.5, 0.6) is 0 Å². The van der Waals surface area contributed by atoms with Crippen LogP contribution in [0.4, 0.5) is 5.82 Å². The summed E-state index contributed by atoms with van der Waals surface area (Å²) in [5.74, 6) is 0.965. The van der Waals surface area contributed by atoms with Crippen molar-refractivity contribution >= 4 is 5.82 Å². The maximum absolute atomic E-state index is 8.76. The maximum atomic E-state index is 8.76. The Morgan fingerprint density at radius 3 is 2.41 bits per heavy atom. The smallest absolute Gasteiger partial charge is 0.165 e. The van der Waals surface area contributed by atoms with E-state index in [2.05, 4.69) is 18.9 Å². The van der Waals surface area contributed by atoms with Gasteiger partial charge in [-0.1, -0.05) is 26.0 Å². The van der Waals surface area contributed by atoms with Crippen LogP contribution >= 0.6 is 0 Å². The van der Waals surface area contributed by atoms with Gasteiger partial charge in [0.1, 0.15) is 11.9 Å². The molecule has 0 bridgehead atoms. The summed E-state index contributed by atoms with van der Waals surface area (Å²) in [4.78, 5) is 0. The third-order valence-corrected chi connectivity index (χ3v) is 2.66. The van der Waals surface area contributed by atoms with E-state index < -0.39 is 0 Å². The van der Waals surface area contributed by atoms with Crippen LogP contribution in [0, 0.1) is 11.3 Å². The summed E-state index contributed by atoms with van der Waals surface area (Å²) in [6.07, 6.45) is 0. The molecule has 0 saturated heterocycles. The topological polar surface area (TPSA) is 67.6 Å². The third-order valence-electron chi connectivity index (χ3n) is 2.66. The second kappa shape index (κ2) is 4.30. The van der Waals surface area contributed by atoms with Crippen LogP contribution in [0.15, 0.2) is 30.3 Å². The van der Waals surface area contributed by atoms with Crippen molar-refractivity contribution in [2.45, 2.75) is 19.8 Å². The van der Waals surface area contributed by atoms with Gasteiger partial charge in [-0.2, -0.15) is 10.4 Å². The minimum absolute atomic E-state index is 0.329. The molecule has 2 N–H and O–H groups in total. The summed E-state index contributed by atoms with van der Waals surface area (Å²) in [5.41, 5.74) is 8.26. The van der Waals surface area contributed by atoms with E-state index in [1.54, 1.807) is 10.7 Å². The van der Waals surface area contributed by atoms with E-state index in [1.165, 1.54) is 5.56 Å².